The maximum atomic E-state index is 15.1. The van der Waals surface area contributed by atoms with Gasteiger partial charge in [0.05, 0.1) is 0 Å². The van der Waals surface area contributed by atoms with Gasteiger partial charge in [-0.15, -0.1) is 11.8 Å². The van der Waals surface area contributed by atoms with Crippen LogP contribution in [-0.4, -0.2) is 50.2 Å². The zero-order valence-electron chi connectivity index (χ0n) is 15.0. The highest BCUT2D eigenvalue weighted by Crippen LogP contribution is 2.42. The molecule has 156 valence electrons. The van der Waals surface area contributed by atoms with Crippen LogP contribution in [0.4, 0.5) is 18.9 Å². The Hall–Kier alpha value is -1.66. The zero-order valence-corrected chi connectivity index (χ0v) is 16.6. The molecule has 1 saturated heterocycles. The molecule has 3 N–H and O–H groups in total. The van der Waals surface area contributed by atoms with E-state index in [9.17, 15) is 27.1 Å². The standard InChI is InChI=1S/C16H20F3N3O4S2/c1-16(18,19)3-2-4-20-9-5-10-12(27-8-9)6-11(23)15(14(10)17)22-7-13(24)21-28(22,25)26/h6,9,20,23H,2-5,7-8H2,1H3,(H,21,24)/t9-/m0/s1. The summed E-state index contributed by atoms with van der Waals surface area (Å²) < 4.78 is 67.1. The predicted molar refractivity (Wildman–Crippen MR) is 98.5 cm³/mol. The number of amides is 1. The first-order valence-electron chi connectivity index (χ1n) is 8.59. The molecule has 0 unspecified atom stereocenters. The van der Waals surface area contributed by atoms with Gasteiger partial charge in [0.2, 0.25) is 5.92 Å². The minimum absolute atomic E-state index is 0.190. The lowest BCUT2D eigenvalue weighted by atomic mass is 10.0. The van der Waals surface area contributed by atoms with Gasteiger partial charge in [0.25, 0.3) is 5.91 Å². The number of rotatable bonds is 6. The SMILES string of the molecule is CC(F)(F)CCCN[C@@H]1CSc2cc(O)c(N3CC(=O)NS3(=O)=O)c(F)c2C1. The predicted octanol–water partition coefficient (Wildman–Crippen LogP) is 1.75. The molecule has 0 spiro atoms. The summed E-state index contributed by atoms with van der Waals surface area (Å²) in [6.07, 6.45) is 0.219. The highest BCUT2D eigenvalue weighted by Gasteiger charge is 2.39. The number of phenols is 1. The van der Waals surface area contributed by atoms with E-state index in [1.165, 1.54) is 17.8 Å². The number of fused-ring (bicyclic) bond motifs is 1. The maximum Gasteiger partial charge on any atom is 0.326 e. The van der Waals surface area contributed by atoms with E-state index in [1.807, 2.05) is 0 Å². The van der Waals surface area contributed by atoms with Gasteiger partial charge in [0.15, 0.2) is 5.82 Å². The molecule has 1 atom stereocenters. The second-order valence-corrected chi connectivity index (χ2v) is 9.57. The Bertz CT molecular complexity index is 890. The number of anilines is 1. The first kappa shape index (κ1) is 21.1. The molecule has 0 aliphatic carbocycles. The number of nitrogens with one attached hydrogen (secondary N) is 2. The van der Waals surface area contributed by atoms with Crippen molar-refractivity contribution in [3.05, 3.63) is 17.4 Å². The average molecular weight is 439 g/mol. The molecule has 3 rings (SSSR count). The second kappa shape index (κ2) is 7.64. The largest absolute Gasteiger partial charge is 0.506 e. The third kappa shape index (κ3) is 4.49. The molecule has 0 aromatic heterocycles. The van der Waals surface area contributed by atoms with Crippen molar-refractivity contribution in [1.29, 1.82) is 0 Å². The smallest absolute Gasteiger partial charge is 0.326 e. The first-order valence-corrected chi connectivity index (χ1v) is 11.0. The number of nitrogens with zero attached hydrogens (tertiary/aromatic N) is 1. The van der Waals surface area contributed by atoms with Crippen LogP contribution in [0.25, 0.3) is 0 Å². The van der Waals surface area contributed by atoms with Gasteiger partial charge in [-0.3, -0.25) is 4.79 Å². The fraction of sp³-hybridized carbons (Fsp3) is 0.562. The van der Waals surface area contributed by atoms with Crippen LogP contribution >= 0.6 is 11.8 Å². The van der Waals surface area contributed by atoms with Gasteiger partial charge in [0.1, 0.15) is 18.0 Å². The molecular weight excluding hydrogens is 419 g/mol. The van der Waals surface area contributed by atoms with Crippen LogP contribution in [0.5, 0.6) is 5.75 Å². The summed E-state index contributed by atoms with van der Waals surface area (Å²) in [5.41, 5.74) is -0.346. The van der Waals surface area contributed by atoms with E-state index in [-0.39, 0.29) is 30.9 Å². The average Bonchev–Trinajstić information content (AvgIpc) is 2.83. The number of halogens is 3. The van der Waals surface area contributed by atoms with Gasteiger partial charge in [-0.05, 0) is 32.4 Å². The minimum Gasteiger partial charge on any atom is -0.506 e. The molecule has 0 radical (unpaired) electrons. The number of alkyl halides is 2. The monoisotopic (exact) mass is 439 g/mol. The zero-order chi connectivity index (χ0) is 20.7. The van der Waals surface area contributed by atoms with Gasteiger partial charge in [-0.1, -0.05) is 0 Å². The van der Waals surface area contributed by atoms with Gasteiger partial charge in [-0.25, -0.2) is 22.2 Å². The summed E-state index contributed by atoms with van der Waals surface area (Å²) >= 11 is 1.28. The number of hydrogen-bond donors (Lipinski definition) is 3. The Morgan fingerprint density at radius 2 is 2.18 bits per heavy atom. The molecule has 0 bridgehead atoms. The van der Waals surface area contributed by atoms with Gasteiger partial charge < -0.3 is 10.4 Å². The van der Waals surface area contributed by atoms with Gasteiger partial charge in [-0.2, -0.15) is 8.42 Å². The Kier molecular flexibility index (Phi) is 5.74. The van der Waals surface area contributed by atoms with Crippen LogP contribution in [-0.2, 0) is 21.4 Å². The minimum atomic E-state index is -4.27. The lowest BCUT2D eigenvalue weighted by molar-refractivity contribution is -0.117. The van der Waals surface area contributed by atoms with Crippen molar-refractivity contribution in [2.75, 3.05) is 23.1 Å². The van der Waals surface area contributed by atoms with Crippen molar-refractivity contribution in [2.24, 2.45) is 0 Å². The number of benzene rings is 1. The van der Waals surface area contributed by atoms with E-state index in [0.717, 1.165) is 6.92 Å². The van der Waals surface area contributed by atoms with Crippen molar-refractivity contribution >= 4 is 33.6 Å². The second-order valence-electron chi connectivity index (χ2n) is 6.91. The van der Waals surface area contributed by atoms with Crippen molar-refractivity contribution in [3.63, 3.8) is 0 Å². The molecule has 1 fully saturated rings. The highest BCUT2D eigenvalue weighted by atomic mass is 32.2. The molecule has 1 aromatic rings. The lowest BCUT2D eigenvalue weighted by Gasteiger charge is -2.28. The first-order chi connectivity index (χ1) is 13.0. The molecular formula is C16H20F3N3O4S2. The summed E-state index contributed by atoms with van der Waals surface area (Å²) in [4.78, 5) is 11.9. The van der Waals surface area contributed by atoms with E-state index in [2.05, 4.69) is 5.32 Å². The fourth-order valence-electron chi connectivity index (χ4n) is 3.18. The number of hydrogen-bond acceptors (Lipinski definition) is 6. The Balaban J connectivity index is 1.78. The topological polar surface area (TPSA) is 98.7 Å². The summed E-state index contributed by atoms with van der Waals surface area (Å²) in [6, 6.07) is 1.09. The summed E-state index contributed by atoms with van der Waals surface area (Å²) in [5.74, 6) is -4.48. The third-order valence-corrected chi connectivity index (χ3v) is 7.09. The lowest BCUT2D eigenvalue weighted by Crippen LogP contribution is -2.37. The van der Waals surface area contributed by atoms with E-state index in [4.69, 9.17) is 0 Å². The van der Waals surface area contributed by atoms with Gasteiger partial charge >= 0.3 is 10.2 Å². The number of carbonyl (C=O) groups excluding carboxylic acids is 1. The normalized spacial score (nSPS) is 21.5. The van der Waals surface area contributed by atoms with Crippen LogP contribution in [0, 0.1) is 5.82 Å². The number of phenolic OH excluding ortho intramolecular Hbond substituents is 1. The summed E-state index contributed by atoms with van der Waals surface area (Å²) in [7, 11) is -4.27. The number of carbonyl (C=O) groups is 1. The molecule has 28 heavy (non-hydrogen) atoms. The third-order valence-electron chi connectivity index (χ3n) is 4.47. The highest BCUT2D eigenvalue weighted by molar-refractivity contribution is 7.99. The van der Waals surface area contributed by atoms with Crippen LogP contribution in [0.1, 0.15) is 25.3 Å². The molecule has 1 aromatic carbocycles. The Labute approximate surface area is 164 Å². The quantitative estimate of drug-likeness (QED) is 0.585. The number of thioether (sulfide) groups is 1. The Morgan fingerprint density at radius 3 is 2.79 bits per heavy atom. The van der Waals surface area contributed by atoms with E-state index in [1.54, 1.807) is 4.72 Å². The van der Waals surface area contributed by atoms with Crippen LogP contribution in [0.15, 0.2) is 11.0 Å². The molecule has 1 amide bonds. The number of aromatic hydroxyl groups is 1. The van der Waals surface area contributed by atoms with E-state index >= 15 is 4.39 Å². The van der Waals surface area contributed by atoms with E-state index in [0.29, 0.717) is 21.5 Å². The van der Waals surface area contributed by atoms with Crippen molar-refractivity contribution in [2.45, 2.75) is 43.0 Å². The van der Waals surface area contributed by atoms with Crippen molar-refractivity contribution in [3.8, 4) is 5.75 Å². The van der Waals surface area contributed by atoms with Gasteiger partial charge in [0, 0.05) is 28.7 Å². The molecule has 2 aliphatic rings. The molecule has 0 saturated carbocycles. The molecule has 12 heteroatoms. The van der Waals surface area contributed by atoms with Crippen molar-refractivity contribution < 1.29 is 31.5 Å². The van der Waals surface area contributed by atoms with Crippen LogP contribution < -0.4 is 14.3 Å². The van der Waals surface area contributed by atoms with Crippen LogP contribution in [0.2, 0.25) is 0 Å². The van der Waals surface area contributed by atoms with Crippen molar-refractivity contribution in [1.82, 2.24) is 10.0 Å². The fourth-order valence-corrected chi connectivity index (χ4v) is 5.50. The van der Waals surface area contributed by atoms with E-state index < -0.39 is 45.8 Å². The molecule has 7 nitrogen and oxygen atoms in total. The maximum absolute atomic E-state index is 15.1. The summed E-state index contributed by atoms with van der Waals surface area (Å²) in [5, 5.41) is 13.3. The summed E-state index contributed by atoms with van der Waals surface area (Å²) in [6.45, 7) is 0.580. The molecule has 2 heterocycles. The van der Waals surface area contributed by atoms with Crippen LogP contribution in [0.3, 0.4) is 0 Å². The molecule has 2 aliphatic heterocycles. The Morgan fingerprint density at radius 1 is 1.46 bits per heavy atom.